The molecule has 13 heteroatoms. The second kappa shape index (κ2) is 9.65. The Morgan fingerprint density at radius 3 is 2.24 bits per heavy atom. The molecule has 174 valence electrons. The molecular weight excluding hydrogens is 454 g/mol. The first kappa shape index (κ1) is 23.7. The third kappa shape index (κ3) is 5.44. The van der Waals surface area contributed by atoms with E-state index in [9.17, 15) is 18.0 Å². The SMILES string of the molecule is COC(=O)c1cc(OC)c(OC)cc1NC(=O)Cn1nnc(-c2ccc(S(C)(=O)=O)cc2)n1. The summed E-state index contributed by atoms with van der Waals surface area (Å²) in [6, 6.07) is 8.79. The van der Waals surface area contributed by atoms with Crippen LogP contribution in [0.5, 0.6) is 11.5 Å². The topological polar surface area (TPSA) is 152 Å². The Labute approximate surface area is 189 Å². The highest BCUT2D eigenvalue weighted by Crippen LogP contribution is 2.33. The maximum atomic E-state index is 12.6. The van der Waals surface area contributed by atoms with Gasteiger partial charge in [0, 0.05) is 24.0 Å². The summed E-state index contributed by atoms with van der Waals surface area (Å²) in [6.07, 6.45) is 1.11. The molecule has 0 fully saturated rings. The van der Waals surface area contributed by atoms with Gasteiger partial charge in [-0.25, -0.2) is 13.2 Å². The van der Waals surface area contributed by atoms with Crippen LogP contribution < -0.4 is 14.8 Å². The summed E-state index contributed by atoms with van der Waals surface area (Å²) >= 11 is 0. The van der Waals surface area contributed by atoms with Crippen LogP contribution in [0.25, 0.3) is 11.4 Å². The minimum Gasteiger partial charge on any atom is -0.493 e. The molecule has 33 heavy (non-hydrogen) atoms. The predicted octanol–water partition coefficient (Wildman–Crippen LogP) is 1.19. The molecule has 1 heterocycles. The number of aromatic nitrogens is 4. The summed E-state index contributed by atoms with van der Waals surface area (Å²) in [6.45, 7) is -0.302. The molecule has 0 saturated carbocycles. The van der Waals surface area contributed by atoms with Gasteiger partial charge in [0.1, 0.15) is 6.54 Å². The van der Waals surface area contributed by atoms with Gasteiger partial charge in [0.2, 0.25) is 11.7 Å². The lowest BCUT2D eigenvalue weighted by Crippen LogP contribution is -2.22. The lowest BCUT2D eigenvalue weighted by Gasteiger charge is -2.14. The number of carbonyl (C=O) groups excluding carboxylic acids is 2. The van der Waals surface area contributed by atoms with Gasteiger partial charge in [-0.05, 0) is 29.5 Å². The third-order valence-corrected chi connectivity index (χ3v) is 5.61. The Bertz CT molecular complexity index is 1290. The first-order valence-corrected chi connectivity index (χ1v) is 11.3. The number of sulfone groups is 1. The molecule has 1 amide bonds. The quantitative estimate of drug-likeness (QED) is 0.470. The van der Waals surface area contributed by atoms with Crippen LogP contribution in [0.4, 0.5) is 5.69 Å². The second-order valence-electron chi connectivity index (χ2n) is 6.73. The molecule has 0 atom stereocenters. The summed E-state index contributed by atoms with van der Waals surface area (Å²) in [7, 11) is 0.726. The number of esters is 1. The number of nitrogens with one attached hydrogen (secondary N) is 1. The largest absolute Gasteiger partial charge is 0.493 e. The molecule has 0 aliphatic carbocycles. The van der Waals surface area contributed by atoms with E-state index >= 15 is 0 Å². The van der Waals surface area contributed by atoms with E-state index in [2.05, 4.69) is 20.7 Å². The number of anilines is 1. The van der Waals surface area contributed by atoms with E-state index in [1.165, 1.54) is 45.6 Å². The van der Waals surface area contributed by atoms with Crippen molar-refractivity contribution in [2.24, 2.45) is 0 Å². The summed E-state index contributed by atoms with van der Waals surface area (Å²) in [5.41, 5.74) is 0.754. The molecule has 0 spiro atoms. The number of hydrogen-bond acceptors (Lipinski definition) is 10. The molecule has 0 radical (unpaired) electrons. The van der Waals surface area contributed by atoms with Crippen LogP contribution in [0, 0.1) is 0 Å². The highest BCUT2D eigenvalue weighted by atomic mass is 32.2. The molecule has 0 aliphatic heterocycles. The Hall–Kier alpha value is -4.00. The number of hydrogen-bond donors (Lipinski definition) is 1. The fourth-order valence-corrected chi connectivity index (χ4v) is 3.49. The Morgan fingerprint density at radius 2 is 1.67 bits per heavy atom. The van der Waals surface area contributed by atoms with Crippen molar-refractivity contribution in [2.75, 3.05) is 32.9 Å². The first-order valence-electron chi connectivity index (χ1n) is 9.38. The molecule has 0 aliphatic rings. The predicted molar refractivity (Wildman–Crippen MR) is 116 cm³/mol. The maximum absolute atomic E-state index is 12.6. The van der Waals surface area contributed by atoms with E-state index in [1.54, 1.807) is 12.1 Å². The van der Waals surface area contributed by atoms with Crippen molar-refractivity contribution < 1.29 is 32.2 Å². The standard InChI is InChI=1S/C20H21N5O7S/c1-30-16-9-14(20(27)32-3)15(10-17(16)31-2)21-18(26)11-25-23-19(22-24-25)12-5-7-13(8-6-12)33(4,28)29/h5-10H,11H2,1-4H3,(H,21,26). The van der Waals surface area contributed by atoms with Crippen LogP contribution in [0.3, 0.4) is 0 Å². The van der Waals surface area contributed by atoms with Gasteiger partial charge in [0.25, 0.3) is 0 Å². The van der Waals surface area contributed by atoms with Crippen molar-refractivity contribution in [1.29, 1.82) is 0 Å². The zero-order chi connectivity index (χ0) is 24.2. The summed E-state index contributed by atoms with van der Waals surface area (Å²) in [5, 5.41) is 14.5. The Balaban J connectivity index is 1.78. The molecule has 0 saturated heterocycles. The zero-order valence-corrected chi connectivity index (χ0v) is 19.0. The minimum absolute atomic E-state index is 0.0710. The van der Waals surface area contributed by atoms with E-state index in [1.807, 2.05) is 0 Å². The number of carbonyl (C=O) groups is 2. The fourth-order valence-electron chi connectivity index (χ4n) is 2.86. The molecule has 1 aromatic heterocycles. The number of tetrazole rings is 1. The first-order chi connectivity index (χ1) is 15.7. The molecule has 3 aromatic rings. The average Bonchev–Trinajstić information content (AvgIpc) is 3.25. The third-order valence-electron chi connectivity index (χ3n) is 4.48. The molecule has 0 unspecified atom stereocenters. The number of benzene rings is 2. The summed E-state index contributed by atoms with van der Waals surface area (Å²) < 4.78 is 38.3. The van der Waals surface area contributed by atoms with E-state index < -0.39 is 21.7 Å². The van der Waals surface area contributed by atoms with Crippen molar-refractivity contribution in [2.45, 2.75) is 11.4 Å². The van der Waals surface area contributed by atoms with Gasteiger partial charge in [-0.15, -0.1) is 10.2 Å². The fraction of sp³-hybridized carbons (Fsp3) is 0.250. The summed E-state index contributed by atoms with van der Waals surface area (Å²) in [5.74, 6) is -0.405. The molecule has 3 rings (SSSR count). The van der Waals surface area contributed by atoms with E-state index in [-0.39, 0.29) is 28.5 Å². The van der Waals surface area contributed by atoms with Gasteiger partial charge >= 0.3 is 5.97 Å². The van der Waals surface area contributed by atoms with Crippen molar-refractivity contribution >= 4 is 27.4 Å². The number of nitrogens with zero attached hydrogens (tertiary/aromatic N) is 4. The van der Waals surface area contributed by atoms with Crippen LogP contribution in [0.1, 0.15) is 10.4 Å². The van der Waals surface area contributed by atoms with E-state index in [0.29, 0.717) is 17.1 Å². The molecule has 1 N–H and O–H groups in total. The molecule has 12 nitrogen and oxygen atoms in total. The van der Waals surface area contributed by atoms with Crippen LogP contribution in [-0.4, -0.2) is 68.1 Å². The number of amides is 1. The number of ether oxygens (including phenoxy) is 3. The lowest BCUT2D eigenvalue weighted by atomic mass is 10.1. The monoisotopic (exact) mass is 475 g/mol. The van der Waals surface area contributed by atoms with Crippen molar-refractivity contribution in [3.8, 4) is 22.9 Å². The van der Waals surface area contributed by atoms with Crippen LogP contribution in [-0.2, 0) is 25.9 Å². The van der Waals surface area contributed by atoms with Crippen molar-refractivity contribution in [3.05, 3.63) is 42.0 Å². The maximum Gasteiger partial charge on any atom is 0.340 e. The van der Waals surface area contributed by atoms with Gasteiger partial charge in [0.15, 0.2) is 21.3 Å². The van der Waals surface area contributed by atoms with E-state index in [0.717, 1.165) is 11.1 Å². The molecule has 2 aromatic carbocycles. The minimum atomic E-state index is -3.33. The summed E-state index contributed by atoms with van der Waals surface area (Å²) in [4.78, 5) is 25.9. The lowest BCUT2D eigenvalue weighted by molar-refractivity contribution is -0.117. The van der Waals surface area contributed by atoms with Gasteiger partial charge < -0.3 is 19.5 Å². The Kier molecular flexibility index (Phi) is 6.92. The van der Waals surface area contributed by atoms with E-state index in [4.69, 9.17) is 14.2 Å². The molecule has 0 bridgehead atoms. The van der Waals surface area contributed by atoms with Gasteiger partial charge in [0.05, 0.1) is 37.5 Å². The van der Waals surface area contributed by atoms with Gasteiger partial charge in [-0.3, -0.25) is 4.79 Å². The van der Waals surface area contributed by atoms with Crippen LogP contribution in [0.2, 0.25) is 0 Å². The van der Waals surface area contributed by atoms with Crippen LogP contribution >= 0.6 is 0 Å². The normalized spacial score (nSPS) is 11.0. The smallest absolute Gasteiger partial charge is 0.340 e. The zero-order valence-electron chi connectivity index (χ0n) is 18.2. The van der Waals surface area contributed by atoms with Gasteiger partial charge in [-0.2, -0.15) is 4.80 Å². The highest BCUT2D eigenvalue weighted by Gasteiger charge is 2.20. The van der Waals surface area contributed by atoms with Crippen LogP contribution in [0.15, 0.2) is 41.3 Å². The second-order valence-corrected chi connectivity index (χ2v) is 8.75. The number of methoxy groups -OCH3 is 3. The van der Waals surface area contributed by atoms with Crippen molar-refractivity contribution in [3.63, 3.8) is 0 Å². The van der Waals surface area contributed by atoms with Crippen molar-refractivity contribution in [1.82, 2.24) is 20.2 Å². The number of rotatable bonds is 8. The molecular formula is C20H21N5O7S. The average molecular weight is 475 g/mol. The van der Waals surface area contributed by atoms with Gasteiger partial charge in [-0.1, -0.05) is 0 Å². The highest BCUT2D eigenvalue weighted by molar-refractivity contribution is 7.90. The Morgan fingerprint density at radius 1 is 1.03 bits per heavy atom.